The van der Waals surface area contributed by atoms with E-state index in [0.717, 1.165) is 17.4 Å². The average Bonchev–Trinajstić information content (AvgIpc) is 2.70. The van der Waals surface area contributed by atoms with Crippen LogP contribution >= 0.6 is 0 Å². The molecule has 0 saturated carbocycles. The molecule has 0 spiro atoms. The van der Waals surface area contributed by atoms with Crippen LogP contribution in [-0.4, -0.2) is 41.4 Å². The van der Waals surface area contributed by atoms with Crippen molar-refractivity contribution in [2.75, 3.05) is 36.6 Å². The molecule has 0 unspecified atom stereocenters. The summed E-state index contributed by atoms with van der Waals surface area (Å²) in [5, 5.41) is 8.81. The van der Waals surface area contributed by atoms with Gasteiger partial charge in [-0.15, -0.1) is 0 Å². The highest BCUT2D eigenvalue weighted by atomic mass is 19.1. The number of rotatable bonds is 8. The number of nitrogens with zero attached hydrogens (tertiary/aromatic N) is 3. The normalized spacial score (nSPS) is 11.0. The number of carbonyl (C=O) groups is 1. The van der Waals surface area contributed by atoms with Gasteiger partial charge in [-0.05, 0) is 56.9 Å². The molecule has 0 bridgehead atoms. The molecular formula is C23H25FN6O. The van der Waals surface area contributed by atoms with Crippen LogP contribution < -0.4 is 16.0 Å². The van der Waals surface area contributed by atoms with Crippen LogP contribution in [0, 0.1) is 12.7 Å². The highest BCUT2D eigenvalue weighted by molar-refractivity contribution is 5.99. The summed E-state index contributed by atoms with van der Waals surface area (Å²) >= 11 is 0. The number of carbonyl (C=O) groups excluding carboxylic acids is 1. The third-order valence-corrected chi connectivity index (χ3v) is 4.15. The van der Waals surface area contributed by atoms with Crippen molar-refractivity contribution < 1.29 is 9.18 Å². The number of aromatic nitrogens is 2. The third kappa shape index (κ3) is 6.90. The van der Waals surface area contributed by atoms with E-state index in [-0.39, 0.29) is 17.7 Å². The molecule has 3 aromatic rings. The Morgan fingerprint density at radius 1 is 1.06 bits per heavy atom. The lowest BCUT2D eigenvalue weighted by Gasteiger charge is -2.11. The summed E-state index contributed by atoms with van der Waals surface area (Å²) in [4.78, 5) is 22.2. The van der Waals surface area contributed by atoms with Crippen LogP contribution in [0.3, 0.4) is 0 Å². The molecule has 0 fully saturated rings. The topological polar surface area (TPSA) is 82.2 Å². The van der Waals surface area contributed by atoms with Gasteiger partial charge in [0.1, 0.15) is 0 Å². The number of amides is 1. The van der Waals surface area contributed by atoms with E-state index in [1.165, 1.54) is 6.08 Å². The van der Waals surface area contributed by atoms with Gasteiger partial charge >= 0.3 is 0 Å². The number of aryl methyl sites for hydroxylation is 1. The second-order valence-corrected chi connectivity index (χ2v) is 7.24. The van der Waals surface area contributed by atoms with Crippen LogP contribution in [0.15, 0.2) is 66.9 Å². The van der Waals surface area contributed by atoms with Gasteiger partial charge in [-0.25, -0.2) is 9.37 Å². The molecule has 1 amide bonds. The van der Waals surface area contributed by atoms with Crippen molar-refractivity contribution in [3.8, 4) is 0 Å². The molecule has 1 heterocycles. The van der Waals surface area contributed by atoms with Gasteiger partial charge in [-0.2, -0.15) is 4.98 Å². The zero-order valence-corrected chi connectivity index (χ0v) is 17.7. The van der Waals surface area contributed by atoms with E-state index in [4.69, 9.17) is 0 Å². The first-order valence-corrected chi connectivity index (χ1v) is 9.74. The summed E-state index contributed by atoms with van der Waals surface area (Å²) in [5.74, 6) is -0.483. The number of benzene rings is 2. The summed E-state index contributed by atoms with van der Waals surface area (Å²) < 4.78 is 14.2. The Labute approximate surface area is 181 Å². The lowest BCUT2D eigenvalue weighted by molar-refractivity contribution is -0.111. The van der Waals surface area contributed by atoms with Gasteiger partial charge in [0.25, 0.3) is 0 Å². The molecule has 0 aliphatic heterocycles. The summed E-state index contributed by atoms with van der Waals surface area (Å²) in [5.41, 5.74) is 3.05. The van der Waals surface area contributed by atoms with Gasteiger partial charge in [0.15, 0.2) is 11.6 Å². The molecule has 1 aromatic heterocycles. The minimum atomic E-state index is -0.558. The largest absolute Gasteiger partial charge is 0.338 e. The highest BCUT2D eigenvalue weighted by Crippen LogP contribution is 2.22. The first-order chi connectivity index (χ1) is 14.9. The van der Waals surface area contributed by atoms with E-state index in [9.17, 15) is 9.18 Å². The van der Waals surface area contributed by atoms with E-state index < -0.39 is 5.82 Å². The van der Waals surface area contributed by atoms with E-state index in [1.807, 2.05) is 50.2 Å². The van der Waals surface area contributed by atoms with Crippen LogP contribution in [0.4, 0.5) is 33.2 Å². The SMILES string of the molecule is Cc1cccc(Nc2nc(Nc3cccc(NC(=O)C=CCN(C)C)c3)ncc2F)c1. The van der Waals surface area contributed by atoms with Gasteiger partial charge in [-0.3, -0.25) is 4.79 Å². The number of likely N-dealkylation sites (N-methyl/N-ethyl adjacent to an activating group) is 1. The molecule has 0 atom stereocenters. The first-order valence-electron chi connectivity index (χ1n) is 9.74. The smallest absolute Gasteiger partial charge is 0.248 e. The van der Waals surface area contributed by atoms with E-state index in [2.05, 4.69) is 25.9 Å². The van der Waals surface area contributed by atoms with Crippen molar-refractivity contribution >= 4 is 34.7 Å². The second kappa shape index (κ2) is 10.3. The van der Waals surface area contributed by atoms with Gasteiger partial charge in [0.2, 0.25) is 11.9 Å². The maximum Gasteiger partial charge on any atom is 0.248 e. The van der Waals surface area contributed by atoms with Gasteiger partial charge < -0.3 is 20.9 Å². The molecule has 31 heavy (non-hydrogen) atoms. The fourth-order valence-corrected chi connectivity index (χ4v) is 2.73. The lowest BCUT2D eigenvalue weighted by atomic mass is 10.2. The molecule has 7 nitrogen and oxygen atoms in total. The Bertz CT molecular complexity index is 1080. The minimum Gasteiger partial charge on any atom is -0.338 e. The highest BCUT2D eigenvalue weighted by Gasteiger charge is 2.08. The number of halogens is 1. The standard InChI is InChI=1S/C23H25FN6O/c1-16-7-4-8-17(13-16)27-22-20(24)15-25-23(29-22)28-19-10-5-9-18(14-19)26-21(31)11-6-12-30(2)3/h4-11,13-15H,12H2,1-3H3,(H,26,31)(H2,25,27,28,29). The van der Waals surface area contributed by atoms with Crippen LogP contribution in [0.1, 0.15) is 5.56 Å². The molecule has 160 valence electrons. The fraction of sp³-hybridized carbons (Fsp3) is 0.174. The van der Waals surface area contributed by atoms with Crippen LogP contribution in [0.25, 0.3) is 0 Å². The molecule has 2 aromatic carbocycles. The van der Waals surface area contributed by atoms with Crippen molar-refractivity contribution in [3.05, 3.63) is 78.3 Å². The average molecular weight is 420 g/mol. The summed E-state index contributed by atoms with van der Waals surface area (Å²) in [7, 11) is 3.85. The number of hydrogen-bond donors (Lipinski definition) is 3. The number of anilines is 5. The number of hydrogen-bond acceptors (Lipinski definition) is 6. The van der Waals surface area contributed by atoms with Crippen molar-refractivity contribution in [3.63, 3.8) is 0 Å². The van der Waals surface area contributed by atoms with Crippen molar-refractivity contribution in [2.24, 2.45) is 0 Å². The Kier molecular flexibility index (Phi) is 7.29. The summed E-state index contributed by atoms with van der Waals surface area (Å²) in [6.45, 7) is 2.63. The van der Waals surface area contributed by atoms with Gasteiger partial charge in [0.05, 0.1) is 6.20 Å². The van der Waals surface area contributed by atoms with Gasteiger partial charge in [0, 0.05) is 29.7 Å². The maximum atomic E-state index is 14.2. The van der Waals surface area contributed by atoms with Crippen LogP contribution in [0.5, 0.6) is 0 Å². The van der Waals surface area contributed by atoms with E-state index >= 15 is 0 Å². The first kappa shape index (κ1) is 21.9. The molecule has 0 aliphatic carbocycles. The predicted molar refractivity (Wildman–Crippen MR) is 123 cm³/mol. The molecule has 3 N–H and O–H groups in total. The Hall–Kier alpha value is -3.78. The Balaban J connectivity index is 1.69. The van der Waals surface area contributed by atoms with Gasteiger partial charge in [-0.1, -0.05) is 24.3 Å². The maximum absolute atomic E-state index is 14.2. The van der Waals surface area contributed by atoms with Crippen molar-refractivity contribution in [1.82, 2.24) is 14.9 Å². The summed E-state index contributed by atoms with van der Waals surface area (Å²) in [6.07, 6.45) is 4.38. The molecule has 0 saturated heterocycles. The Morgan fingerprint density at radius 2 is 1.77 bits per heavy atom. The monoisotopic (exact) mass is 420 g/mol. The molecular weight excluding hydrogens is 395 g/mol. The summed E-state index contributed by atoms with van der Waals surface area (Å²) in [6, 6.07) is 14.7. The fourth-order valence-electron chi connectivity index (χ4n) is 2.73. The van der Waals surface area contributed by atoms with E-state index in [0.29, 0.717) is 17.9 Å². The van der Waals surface area contributed by atoms with E-state index in [1.54, 1.807) is 30.3 Å². The predicted octanol–water partition coefficient (Wildman–Crippen LogP) is 4.47. The van der Waals surface area contributed by atoms with Crippen LogP contribution in [-0.2, 0) is 4.79 Å². The zero-order chi connectivity index (χ0) is 22.2. The minimum absolute atomic E-state index is 0.0681. The number of nitrogens with one attached hydrogen (secondary N) is 3. The lowest BCUT2D eigenvalue weighted by Crippen LogP contribution is -2.13. The third-order valence-electron chi connectivity index (χ3n) is 4.15. The molecule has 3 rings (SSSR count). The quantitative estimate of drug-likeness (QED) is 0.467. The van der Waals surface area contributed by atoms with Crippen molar-refractivity contribution in [1.29, 1.82) is 0 Å². The Morgan fingerprint density at radius 3 is 2.52 bits per heavy atom. The second-order valence-electron chi connectivity index (χ2n) is 7.24. The van der Waals surface area contributed by atoms with Crippen LogP contribution in [0.2, 0.25) is 0 Å². The van der Waals surface area contributed by atoms with Crippen molar-refractivity contribution in [2.45, 2.75) is 6.92 Å². The molecule has 0 radical (unpaired) electrons. The zero-order valence-electron chi connectivity index (χ0n) is 17.7. The molecule has 8 heteroatoms. The molecule has 0 aliphatic rings.